The maximum Gasteiger partial charge on any atom is 0.130 e. The fraction of sp³-hybridized carbons (Fsp3) is 0.727. The van der Waals surface area contributed by atoms with Crippen molar-refractivity contribution in [3.8, 4) is 0 Å². The quantitative estimate of drug-likeness (QED) is 0.618. The largest absolute Gasteiger partial charge is 0.389 e. The number of rotatable bonds is 3. The summed E-state index contributed by atoms with van der Waals surface area (Å²) < 4.78 is 42.7. The van der Waals surface area contributed by atoms with Crippen LogP contribution < -0.4 is 10.7 Å². The minimum atomic E-state index is -0.799. The first kappa shape index (κ1) is 21.7. The van der Waals surface area contributed by atoms with Gasteiger partial charge in [0.2, 0.25) is 0 Å². The van der Waals surface area contributed by atoms with Crippen LogP contribution in [0.4, 0.5) is 8.78 Å². The molecule has 1 saturated carbocycles. The lowest BCUT2D eigenvalue weighted by molar-refractivity contribution is -0.00145. The minimum absolute atomic E-state index is 0.0267. The highest BCUT2D eigenvalue weighted by molar-refractivity contribution is 8.00. The molecule has 176 valence electrons. The second-order valence-corrected chi connectivity index (χ2v) is 10.9. The van der Waals surface area contributed by atoms with Gasteiger partial charge in [0.15, 0.2) is 0 Å². The Morgan fingerprint density at radius 1 is 1.25 bits per heavy atom. The van der Waals surface area contributed by atoms with Crippen LogP contribution in [0.25, 0.3) is 0 Å². The highest BCUT2D eigenvalue weighted by atomic mass is 32.2. The van der Waals surface area contributed by atoms with Gasteiger partial charge in [-0.2, -0.15) is 0 Å². The molecule has 0 radical (unpaired) electrons. The Labute approximate surface area is 190 Å². The van der Waals surface area contributed by atoms with Gasteiger partial charge in [0.1, 0.15) is 17.1 Å². The van der Waals surface area contributed by atoms with Crippen molar-refractivity contribution in [1.29, 1.82) is 0 Å². The number of nitrogens with zero attached hydrogens (tertiary/aromatic N) is 2. The fourth-order valence-electron chi connectivity index (χ4n) is 5.94. The second kappa shape index (κ2) is 8.13. The number of hydrogen-bond acceptors (Lipinski definition) is 8. The summed E-state index contributed by atoms with van der Waals surface area (Å²) in [5.41, 5.74) is 2.64. The summed E-state index contributed by atoms with van der Waals surface area (Å²) >= 11 is 1.72. The average molecular weight is 469 g/mol. The zero-order valence-electron chi connectivity index (χ0n) is 18.0. The van der Waals surface area contributed by atoms with E-state index in [1.54, 1.807) is 11.8 Å². The zero-order chi connectivity index (χ0) is 22.0. The topological polar surface area (TPSA) is 69.2 Å². The number of nitrogens with one attached hydrogen (secondary N) is 2. The summed E-state index contributed by atoms with van der Waals surface area (Å²) in [6.07, 6.45) is 1.37. The summed E-state index contributed by atoms with van der Waals surface area (Å²) in [4.78, 5) is 2.14. The Balaban J connectivity index is 1.51. The number of β-amino-alcohol motifs (C(OH)–C–C–N with tert-alkyl or cyclic N) is 1. The molecule has 5 fully saturated rings. The first-order valence-corrected chi connectivity index (χ1v) is 12.4. The summed E-state index contributed by atoms with van der Waals surface area (Å²) in [6.45, 7) is 4.62. The Hall–Kier alpha value is -0.850. The highest BCUT2D eigenvalue weighted by Gasteiger charge is 2.60. The van der Waals surface area contributed by atoms with E-state index in [1.807, 2.05) is 0 Å². The molecule has 0 spiro atoms. The van der Waals surface area contributed by atoms with E-state index in [0.717, 1.165) is 0 Å². The van der Waals surface area contributed by atoms with Gasteiger partial charge in [-0.3, -0.25) is 10.2 Å². The predicted molar refractivity (Wildman–Crippen MR) is 115 cm³/mol. The monoisotopic (exact) mass is 468 g/mol. The van der Waals surface area contributed by atoms with E-state index in [9.17, 15) is 5.11 Å². The Kier molecular flexibility index (Phi) is 5.50. The van der Waals surface area contributed by atoms with Gasteiger partial charge >= 0.3 is 0 Å². The lowest BCUT2D eigenvalue weighted by Gasteiger charge is -2.42. The molecule has 10 heteroatoms. The van der Waals surface area contributed by atoms with Crippen LogP contribution in [0, 0.1) is 23.5 Å². The molecule has 0 bridgehead atoms. The van der Waals surface area contributed by atoms with E-state index in [-0.39, 0.29) is 40.4 Å². The van der Waals surface area contributed by atoms with Gasteiger partial charge in [-0.25, -0.2) is 19.2 Å². The van der Waals surface area contributed by atoms with Gasteiger partial charge in [0.05, 0.1) is 43.6 Å². The third-order valence-corrected chi connectivity index (χ3v) is 9.29. The second-order valence-electron chi connectivity index (χ2n) is 9.69. The number of thioether (sulfide) groups is 1. The van der Waals surface area contributed by atoms with Crippen LogP contribution in [0.5, 0.6) is 0 Å². The van der Waals surface area contributed by atoms with Crippen LogP contribution in [-0.2, 0) is 9.47 Å². The lowest BCUT2D eigenvalue weighted by Crippen LogP contribution is -2.54. The first-order chi connectivity index (χ1) is 15.5. The molecule has 1 aliphatic carbocycles. The van der Waals surface area contributed by atoms with Gasteiger partial charge in [-0.1, -0.05) is 6.07 Å². The Morgan fingerprint density at radius 2 is 2.03 bits per heavy atom. The molecule has 7 nitrogen and oxygen atoms in total. The highest BCUT2D eigenvalue weighted by Crippen LogP contribution is 2.56. The maximum absolute atomic E-state index is 15.3. The van der Waals surface area contributed by atoms with Gasteiger partial charge in [-0.15, -0.1) is 11.8 Å². The number of ether oxygens (including phenoxy) is 2. The molecule has 4 heterocycles. The van der Waals surface area contributed by atoms with E-state index in [4.69, 9.17) is 9.47 Å². The fourth-order valence-corrected chi connectivity index (χ4v) is 7.72. The normalized spacial score (nSPS) is 41.4. The Bertz CT molecular complexity index is 857. The van der Waals surface area contributed by atoms with Gasteiger partial charge in [-0.05, 0) is 31.9 Å². The molecule has 1 aromatic carbocycles. The molecule has 3 N–H and O–H groups in total. The zero-order valence-corrected chi connectivity index (χ0v) is 18.9. The van der Waals surface area contributed by atoms with Crippen molar-refractivity contribution in [3.63, 3.8) is 0 Å². The molecule has 7 atom stereocenters. The molecule has 0 amide bonds. The van der Waals surface area contributed by atoms with Gasteiger partial charge < -0.3 is 14.6 Å². The molecule has 4 saturated heterocycles. The van der Waals surface area contributed by atoms with Gasteiger partial charge in [0, 0.05) is 36.0 Å². The molecule has 5 aliphatic rings. The van der Waals surface area contributed by atoms with Crippen molar-refractivity contribution in [1.82, 2.24) is 20.7 Å². The standard InChI is InChI=1S/C22H30F2N4O3S/c1-12-19-25-11-26-28(19)20-16(13-9-30-7-8-31-21(13)32-20)18(27(12)10-22(29)5-6-22)17-14(23)3-2-4-15(17)24/h2-4,12-13,16,18-21,25-26,29H,5-11H2,1H3/t12-,13?,16?,18?,19?,20?,21?/m0/s1. The van der Waals surface area contributed by atoms with Crippen LogP contribution in [0.3, 0.4) is 0 Å². The third-order valence-electron chi connectivity index (χ3n) is 7.72. The molecule has 0 aromatic heterocycles. The number of aliphatic hydroxyl groups is 1. The average Bonchev–Trinajstić information content (AvgIpc) is 3.24. The minimum Gasteiger partial charge on any atom is -0.389 e. The smallest absolute Gasteiger partial charge is 0.130 e. The SMILES string of the molecule is C[C@H]1C2NCNN2C2SC3OCCOCC3C2C(c2c(F)cccc2F)N1CC1(O)CC1. The van der Waals surface area contributed by atoms with E-state index in [2.05, 4.69) is 27.6 Å². The van der Waals surface area contributed by atoms with E-state index < -0.39 is 23.3 Å². The number of fused-ring (bicyclic) bond motifs is 5. The lowest BCUT2D eigenvalue weighted by atomic mass is 9.81. The van der Waals surface area contributed by atoms with E-state index in [1.165, 1.54) is 18.2 Å². The van der Waals surface area contributed by atoms with Crippen LogP contribution in [0.15, 0.2) is 18.2 Å². The third kappa shape index (κ3) is 3.51. The maximum atomic E-state index is 15.3. The van der Waals surface area contributed by atoms with Crippen molar-refractivity contribution in [2.75, 3.05) is 33.0 Å². The summed E-state index contributed by atoms with van der Waals surface area (Å²) in [6, 6.07) is 3.45. The molecule has 1 aromatic rings. The van der Waals surface area contributed by atoms with Gasteiger partial charge in [0.25, 0.3) is 0 Å². The molecular formula is C22H30F2N4O3S. The number of hydrazine groups is 1. The Morgan fingerprint density at radius 3 is 2.78 bits per heavy atom. The van der Waals surface area contributed by atoms with Crippen molar-refractivity contribution in [2.45, 2.75) is 54.4 Å². The van der Waals surface area contributed by atoms with E-state index in [0.29, 0.717) is 45.9 Å². The van der Waals surface area contributed by atoms with Crippen molar-refractivity contribution in [3.05, 3.63) is 35.4 Å². The van der Waals surface area contributed by atoms with Crippen molar-refractivity contribution in [2.24, 2.45) is 11.8 Å². The van der Waals surface area contributed by atoms with Crippen molar-refractivity contribution < 1.29 is 23.4 Å². The van der Waals surface area contributed by atoms with E-state index >= 15 is 8.78 Å². The molecule has 4 aliphatic heterocycles. The summed E-state index contributed by atoms with van der Waals surface area (Å²) in [5.74, 6) is -1.26. The number of benzene rings is 1. The molecule has 6 unspecified atom stereocenters. The molecule has 32 heavy (non-hydrogen) atoms. The molecular weight excluding hydrogens is 438 g/mol. The molecule has 6 rings (SSSR count). The van der Waals surface area contributed by atoms with Crippen LogP contribution in [-0.4, -0.2) is 76.7 Å². The van der Waals surface area contributed by atoms with Crippen molar-refractivity contribution >= 4 is 11.8 Å². The predicted octanol–water partition coefficient (Wildman–Crippen LogP) is 1.61. The number of hydrogen-bond donors (Lipinski definition) is 3. The first-order valence-electron chi connectivity index (χ1n) is 11.5. The van der Waals surface area contributed by atoms with Crippen LogP contribution in [0.1, 0.15) is 31.4 Å². The summed E-state index contributed by atoms with van der Waals surface area (Å²) in [7, 11) is 0. The number of halogens is 2. The van der Waals surface area contributed by atoms with Crippen LogP contribution >= 0.6 is 11.8 Å². The van der Waals surface area contributed by atoms with Crippen LogP contribution in [0.2, 0.25) is 0 Å². The summed E-state index contributed by atoms with van der Waals surface area (Å²) in [5, 5.41) is 16.6.